The molecule has 0 saturated heterocycles. The number of hydrogen-bond acceptors (Lipinski definition) is 3. The summed E-state index contributed by atoms with van der Waals surface area (Å²) in [4.78, 5) is 20.1. The first-order valence-corrected chi connectivity index (χ1v) is 14.2. The third-order valence-corrected chi connectivity index (χ3v) is 9.02. The largest absolute Gasteiger partial charge is 0.322 e. The van der Waals surface area contributed by atoms with Crippen molar-refractivity contribution in [3.8, 4) is 0 Å². The normalized spacial score (nSPS) is 15.7. The third kappa shape index (κ3) is 4.65. The van der Waals surface area contributed by atoms with Crippen LogP contribution in [0.4, 0.5) is 10.7 Å². The molecule has 4 heteroatoms. The highest BCUT2D eigenvalue weighted by atomic mass is 32.1. The first-order valence-electron chi connectivity index (χ1n) is 13.3. The number of nitrogens with one attached hydrogen (secondary N) is 1. The number of fused-ring (bicyclic) bond motifs is 3. The van der Waals surface area contributed by atoms with Crippen molar-refractivity contribution < 1.29 is 4.79 Å². The Morgan fingerprint density at radius 2 is 1.55 bits per heavy atom. The maximum absolute atomic E-state index is 13.7. The van der Waals surface area contributed by atoms with Gasteiger partial charge in [0.25, 0.3) is 5.91 Å². The predicted octanol–water partition coefficient (Wildman–Crippen LogP) is 9.21. The molecular formula is C34H32N2OS. The van der Waals surface area contributed by atoms with Crippen LogP contribution in [0.3, 0.4) is 0 Å². The molecule has 0 bridgehead atoms. The fraction of sp³-hybridized carbons (Fsp3) is 0.235. The summed E-state index contributed by atoms with van der Waals surface area (Å²) in [7, 11) is 0. The van der Waals surface area contributed by atoms with Crippen molar-refractivity contribution in [3.05, 3.63) is 106 Å². The number of para-hydroxylation sites is 1. The number of carbonyl (C=O) groups is 1. The fourth-order valence-corrected chi connectivity index (χ4v) is 6.93. The molecule has 38 heavy (non-hydrogen) atoms. The fourth-order valence-electron chi connectivity index (χ4n) is 5.66. The van der Waals surface area contributed by atoms with E-state index in [1.807, 2.05) is 36.5 Å². The molecule has 6 rings (SSSR count). The van der Waals surface area contributed by atoms with Crippen LogP contribution in [-0.2, 0) is 12.8 Å². The summed E-state index contributed by atoms with van der Waals surface area (Å²) in [5.74, 6) is 0.523. The number of benzene rings is 4. The first-order chi connectivity index (χ1) is 18.4. The van der Waals surface area contributed by atoms with Gasteiger partial charge < -0.3 is 5.32 Å². The van der Waals surface area contributed by atoms with Crippen LogP contribution in [0.1, 0.15) is 53.6 Å². The van der Waals surface area contributed by atoms with Gasteiger partial charge in [0, 0.05) is 22.3 Å². The Morgan fingerprint density at radius 3 is 2.21 bits per heavy atom. The zero-order valence-corrected chi connectivity index (χ0v) is 22.9. The van der Waals surface area contributed by atoms with Crippen molar-refractivity contribution in [1.82, 2.24) is 0 Å². The van der Waals surface area contributed by atoms with Crippen molar-refractivity contribution in [1.29, 1.82) is 0 Å². The lowest BCUT2D eigenvalue weighted by atomic mass is 9.72. The molecule has 0 unspecified atom stereocenters. The van der Waals surface area contributed by atoms with Crippen LogP contribution in [0, 0.1) is 11.3 Å². The summed E-state index contributed by atoms with van der Waals surface area (Å²) in [5, 5.41) is 8.64. The number of amides is 1. The quantitative estimate of drug-likeness (QED) is 0.188. The molecule has 1 atom stereocenters. The maximum Gasteiger partial charge on any atom is 0.259 e. The lowest BCUT2D eigenvalue weighted by molar-refractivity contribution is 0.102. The molecule has 1 aliphatic carbocycles. The van der Waals surface area contributed by atoms with Gasteiger partial charge in [-0.3, -0.25) is 4.79 Å². The van der Waals surface area contributed by atoms with E-state index in [-0.39, 0.29) is 11.3 Å². The molecule has 3 nitrogen and oxygen atoms in total. The highest BCUT2D eigenvalue weighted by Gasteiger charge is 2.33. The zero-order valence-electron chi connectivity index (χ0n) is 22.1. The molecule has 1 heterocycles. The van der Waals surface area contributed by atoms with Crippen molar-refractivity contribution >= 4 is 55.7 Å². The number of rotatable bonds is 4. The van der Waals surface area contributed by atoms with Crippen LogP contribution >= 0.6 is 11.3 Å². The van der Waals surface area contributed by atoms with Crippen LogP contribution in [0.5, 0.6) is 0 Å². The predicted molar refractivity (Wildman–Crippen MR) is 162 cm³/mol. The van der Waals surface area contributed by atoms with E-state index >= 15 is 0 Å². The SMILES string of the molecule is CC(C)(C)[C@@H]1CCc2c(sc(N=Cc3c4ccccc4cc4ccccc34)c2C(=O)Nc2ccccc2)C1. The zero-order chi connectivity index (χ0) is 26.3. The van der Waals surface area contributed by atoms with Gasteiger partial charge in [-0.25, -0.2) is 4.99 Å². The van der Waals surface area contributed by atoms with Crippen molar-refractivity contribution in [2.24, 2.45) is 16.3 Å². The van der Waals surface area contributed by atoms with Gasteiger partial charge >= 0.3 is 0 Å². The molecule has 0 saturated carbocycles. The Balaban J connectivity index is 1.47. The van der Waals surface area contributed by atoms with E-state index in [1.54, 1.807) is 11.3 Å². The Morgan fingerprint density at radius 1 is 0.921 bits per heavy atom. The molecule has 1 aromatic heterocycles. The average Bonchev–Trinajstić information content (AvgIpc) is 3.29. The molecule has 0 spiro atoms. The smallest absolute Gasteiger partial charge is 0.259 e. The summed E-state index contributed by atoms with van der Waals surface area (Å²) < 4.78 is 0. The number of thiophene rings is 1. The van der Waals surface area contributed by atoms with Crippen LogP contribution in [0.2, 0.25) is 0 Å². The second kappa shape index (κ2) is 9.85. The van der Waals surface area contributed by atoms with Gasteiger partial charge in [0.2, 0.25) is 0 Å². The van der Waals surface area contributed by atoms with Gasteiger partial charge in [-0.05, 0) is 75.9 Å². The minimum Gasteiger partial charge on any atom is -0.322 e. The van der Waals surface area contributed by atoms with Gasteiger partial charge in [0.1, 0.15) is 5.00 Å². The number of nitrogens with zero attached hydrogens (tertiary/aromatic N) is 1. The van der Waals surface area contributed by atoms with Gasteiger partial charge in [0.05, 0.1) is 5.56 Å². The Hall–Kier alpha value is -3.76. The lowest BCUT2D eigenvalue weighted by Crippen LogP contribution is -2.27. The average molecular weight is 517 g/mol. The molecule has 1 aliphatic rings. The highest BCUT2D eigenvalue weighted by molar-refractivity contribution is 7.16. The first kappa shape index (κ1) is 24.6. The summed E-state index contributed by atoms with van der Waals surface area (Å²) >= 11 is 1.69. The van der Waals surface area contributed by atoms with E-state index in [4.69, 9.17) is 4.99 Å². The minimum atomic E-state index is -0.0714. The molecule has 1 N–H and O–H groups in total. The van der Waals surface area contributed by atoms with Crippen molar-refractivity contribution in [2.45, 2.75) is 40.0 Å². The van der Waals surface area contributed by atoms with Crippen molar-refractivity contribution in [3.63, 3.8) is 0 Å². The van der Waals surface area contributed by atoms with E-state index in [9.17, 15) is 4.79 Å². The number of anilines is 1. The second-order valence-electron chi connectivity index (χ2n) is 11.3. The third-order valence-electron chi connectivity index (χ3n) is 7.85. The molecular weight excluding hydrogens is 484 g/mol. The lowest BCUT2D eigenvalue weighted by Gasteiger charge is -2.33. The van der Waals surface area contributed by atoms with Crippen LogP contribution in [0.25, 0.3) is 21.5 Å². The highest BCUT2D eigenvalue weighted by Crippen LogP contribution is 2.45. The van der Waals surface area contributed by atoms with Gasteiger partial charge in [0.15, 0.2) is 0 Å². The van der Waals surface area contributed by atoms with Gasteiger partial charge in [-0.2, -0.15) is 0 Å². The summed E-state index contributed by atoms with van der Waals surface area (Å²) in [6.07, 6.45) is 4.98. The second-order valence-corrected chi connectivity index (χ2v) is 12.4. The molecule has 1 amide bonds. The van der Waals surface area contributed by atoms with Crippen LogP contribution < -0.4 is 5.32 Å². The van der Waals surface area contributed by atoms with Crippen molar-refractivity contribution in [2.75, 3.05) is 5.32 Å². The van der Waals surface area contributed by atoms with Crippen LogP contribution in [0.15, 0.2) is 89.9 Å². The molecule has 0 fully saturated rings. The molecule has 5 aromatic rings. The molecule has 190 valence electrons. The van der Waals surface area contributed by atoms with E-state index in [2.05, 4.69) is 80.7 Å². The number of aliphatic imine (C=N–C) groups is 1. The summed E-state index contributed by atoms with van der Waals surface area (Å²) in [6.45, 7) is 6.97. The minimum absolute atomic E-state index is 0.0714. The number of hydrogen-bond donors (Lipinski definition) is 1. The standard InChI is InChI=1S/C34H32N2OS/c1-34(2,3)24-17-18-28-30(20-24)38-33(31(28)32(37)36-25-13-5-4-6-14-25)35-21-29-26-15-9-7-11-22(26)19-23-12-8-10-16-27(23)29/h4-16,19,21,24H,17-18,20H2,1-3H3,(H,36,37)/t24-/m1/s1. The Bertz CT molecular complexity index is 1620. The van der Waals surface area contributed by atoms with Crippen LogP contribution in [-0.4, -0.2) is 12.1 Å². The molecule has 0 radical (unpaired) electrons. The van der Waals surface area contributed by atoms with E-state index in [0.717, 1.165) is 41.1 Å². The van der Waals surface area contributed by atoms with E-state index < -0.39 is 0 Å². The Labute approximate surface area is 228 Å². The van der Waals surface area contributed by atoms with E-state index in [0.29, 0.717) is 5.92 Å². The number of carbonyl (C=O) groups excluding carboxylic acids is 1. The summed E-state index contributed by atoms with van der Waals surface area (Å²) in [6, 6.07) is 28.8. The van der Waals surface area contributed by atoms with Gasteiger partial charge in [-0.15, -0.1) is 11.3 Å². The monoisotopic (exact) mass is 516 g/mol. The van der Waals surface area contributed by atoms with Gasteiger partial charge in [-0.1, -0.05) is 87.5 Å². The maximum atomic E-state index is 13.7. The summed E-state index contributed by atoms with van der Waals surface area (Å²) in [5.41, 5.74) is 4.04. The van der Waals surface area contributed by atoms with E-state index in [1.165, 1.54) is 32.0 Å². The molecule has 0 aliphatic heterocycles. The Kier molecular flexibility index (Phi) is 6.37. The molecule has 4 aromatic carbocycles. The topological polar surface area (TPSA) is 41.5 Å².